The first-order valence-electron chi connectivity index (χ1n) is 12.4. The van der Waals surface area contributed by atoms with Crippen molar-refractivity contribution in [3.63, 3.8) is 0 Å². The minimum atomic E-state index is -0.114. The molecular weight excluding hydrogens is 496 g/mol. The Bertz CT molecular complexity index is 1370. The zero-order valence-corrected chi connectivity index (χ0v) is 21.6. The van der Waals surface area contributed by atoms with E-state index in [1.165, 1.54) is 11.0 Å². The van der Waals surface area contributed by atoms with Crippen LogP contribution in [0.2, 0.25) is 5.02 Å². The van der Waals surface area contributed by atoms with Crippen molar-refractivity contribution in [2.75, 3.05) is 19.6 Å². The number of aryl methyl sites for hydroxylation is 1. The van der Waals surface area contributed by atoms with Gasteiger partial charge in [-0.05, 0) is 41.8 Å². The molecule has 1 fully saturated rings. The molecule has 4 aromatic rings. The molecule has 1 N–H and O–H groups in total. The first-order chi connectivity index (χ1) is 17.1. The number of nitrogens with zero attached hydrogens (tertiary/aromatic N) is 2. The van der Waals surface area contributed by atoms with Crippen molar-refractivity contribution in [2.45, 2.75) is 38.1 Å². The third kappa shape index (κ3) is 5.97. The first kappa shape index (κ1) is 26.3. The van der Waals surface area contributed by atoms with Crippen LogP contribution in [0, 0.1) is 5.82 Å². The van der Waals surface area contributed by atoms with Gasteiger partial charge in [0.2, 0.25) is 0 Å². The molecule has 1 aromatic heterocycles. The summed E-state index contributed by atoms with van der Waals surface area (Å²) < 4.78 is 15.6. The van der Waals surface area contributed by atoms with Gasteiger partial charge in [0, 0.05) is 36.1 Å². The predicted octanol–water partition coefficient (Wildman–Crippen LogP) is 1.64. The summed E-state index contributed by atoms with van der Waals surface area (Å²) in [5, 5.41) is 7.25. The quantitative estimate of drug-likeness (QED) is 0.398. The van der Waals surface area contributed by atoms with E-state index >= 15 is 0 Å². The van der Waals surface area contributed by atoms with Crippen molar-refractivity contribution < 1.29 is 21.7 Å². The minimum Gasteiger partial charge on any atom is -1.00 e. The molecule has 1 aliphatic rings. The maximum Gasteiger partial charge on any atom is 0.274 e. The summed E-state index contributed by atoms with van der Waals surface area (Å²) in [7, 11) is 0. The Kier molecular flexibility index (Phi) is 8.78. The molecule has 0 atom stereocenters. The lowest BCUT2D eigenvalue weighted by molar-refractivity contribution is -0.906. The molecule has 2 heterocycles. The second-order valence-electron chi connectivity index (χ2n) is 9.47. The summed E-state index contributed by atoms with van der Waals surface area (Å²) in [6.45, 7) is 3.01. The number of hydrogen-bond acceptors (Lipinski definition) is 2. The van der Waals surface area contributed by atoms with Gasteiger partial charge in [-0.1, -0.05) is 60.1 Å². The second-order valence-corrected chi connectivity index (χ2v) is 9.91. The number of rotatable bonds is 7. The molecule has 5 rings (SSSR count). The standard InChI is InChI=1S/C29H29ClFN3O.ClH/c30-23-13-11-21(12-14-23)20-28-25-8-2-3-9-26(25)29(35)34(32-28)24-15-18-33(19-16-24)17-5-7-22-6-1-4-10-27(22)31;/h1-4,6,8-14,24H,5,7,15-20H2;1H. The highest BCUT2D eigenvalue weighted by molar-refractivity contribution is 6.30. The minimum absolute atomic E-state index is 0. The highest BCUT2D eigenvalue weighted by atomic mass is 35.5. The van der Waals surface area contributed by atoms with Crippen LogP contribution in [0.15, 0.2) is 77.6 Å². The van der Waals surface area contributed by atoms with Crippen LogP contribution < -0.4 is 22.9 Å². The number of aromatic nitrogens is 2. The van der Waals surface area contributed by atoms with Crippen molar-refractivity contribution in [3.8, 4) is 0 Å². The molecule has 0 amide bonds. The molecule has 0 aliphatic carbocycles. The molecule has 7 heteroatoms. The summed E-state index contributed by atoms with van der Waals surface area (Å²) in [6.07, 6.45) is 4.21. The van der Waals surface area contributed by atoms with Crippen molar-refractivity contribution in [3.05, 3.63) is 111 Å². The van der Waals surface area contributed by atoms with Crippen LogP contribution in [0.25, 0.3) is 10.8 Å². The molecule has 1 saturated heterocycles. The summed E-state index contributed by atoms with van der Waals surface area (Å²) >= 11 is 6.06. The van der Waals surface area contributed by atoms with E-state index in [0.29, 0.717) is 11.4 Å². The van der Waals surface area contributed by atoms with Crippen molar-refractivity contribution >= 4 is 22.4 Å². The van der Waals surface area contributed by atoms with Gasteiger partial charge in [-0.2, -0.15) is 5.10 Å². The number of benzene rings is 3. The Labute approximate surface area is 222 Å². The Morgan fingerprint density at radius 3 is 2.33 bits per heavy atom. The van der Waals surface area contributed by atoms with Gasteiger partial charge in [0.1, 0.15) is 5.82 Å². The van der Waals surface area contributed by atoms with E-state index in [2.05, 4.69) is 0 Å². The van der Waals surface area contributed by atoms with Gasteiger partial charge in [0.05, 0.1) is 36.8 Å². The fourth-order valence-electron chi connectivity index (χ4n) is 5.18. The van der Waals surface area contributed by atoms with Gasteiger partial charge in [0.25, 0.3) is 5.56 Å². The second kappa shape index (κ2) is 12.0. The van der Waals surface area contributed by atoms with Crippen LogP contribution in [0.5, 0.6) is 0 Å². The molecular formula is C29H30Cl2FN3O. The van der Waals surface area contributed by atoms with Crippen LogP contribution in [-0.2, 0) is 12.8 Å². The lowest BCUT2D eigenvalue weighted by Crippen LogP contribution is -3.13. The van der Waals surface area contributed by atoms with Crippen LogP contribution in [-0.4, -0.2) is 29.4 Å². The van der Waals surface area contributed by atoms with Gasteiger partial charge < -0.3 is 17.3 Å². The zero-order valence-electron chi connectivity index (χ0n) is 20.1. The van der Waals surface area contributed by atoms with Crippen molar-refractivity contribution in [2.24, 2.45) is 0 Å². The van der Waals surface area contributed by atoms with Crippen LogP contribution in [0.4, 0.5) is 4.39 Å². The van der Waals surface area contributed by atoms with Gasteiger partial charge in [-0.15, -0.1) is 0 Å². The van der Waals surface area contributed by atoms with Gasteiger partial charge >= 0.3 is 0 Å². The maximum absolute atomic E-state index is 13.9. The Hall–Kier alpha value is -2.73. The number of likely N-dealkylation sites (tertiary alicyclic amines) is 1. The number of fused-ring (bicyclic) bond motifs is 1. The summed E-state index contributed by atoms with van der Waals surface area (Å²) in [5.41, 5.74) is 2.82. The predicted molar refractivity (Wildman–Crippen MR) is 139 cm³/mol. The molecule has 0 spiro atoms. The van der Waals surface area contributed by atoms with Gasteiger partial charge in [-0.25, -0.2) is 9.07 Å². The Morgan fingerprint density at radius 2 is 1.61 bits per heavy atom. The molecule has 188 valence electrons. The Morgan fingerprint density at radius 1 is 0.944 bits per heavy atom. The normalized spacial score (nSPS) is 17.6. The highest BCUT2D eigenvalue weighted by Gasteiger charge is 2.26. The largest absolute Gasteiger partial charge is 1.00 e. The average molecular weight is 526 g/mol. The number of nitrogens with one attached hydrogen (secondary N) is 1. The highest BCUT2D eigenvalue weighted by Crippen LogP contribution is 2.21. The molecule has 3 aromatic carbocycles. The van der Waals surface area contributed by atoms with E-state index in [9.17, 15) is 9.18 Å². The first-order valence-corrected chi connectivity index (χ1v) is 12.8. The maximum atomic E-state index is 13.9. The van der Waals surface area contributed by atoms with Gasteiger partial charge in [0.15, 0.2) is 0 Å². The van der Waals surface area contributed by atoms with Crippen LogP contribution in [0.1, 0.15) is 42.1 Å². The number of halogens is 3. The van der Waals surface area contributed by atoms with Crippen molar-refractivity contribution in [1.82, 2.24) is 9.78 Å². The third-order valence-corrected chi connectivity index (χ3v) is 7.38. The molecule has 0 radical (unpaired) electrons. The van der Waals surface area contributed by atoms with E-state index in [1.807, 2.05) is 60.7 Å². The zero-order chi connectivity index (χ0) is 24.2. The van der Waals surface area contributed by atoms with Crippen molar-refractivity contribution in [1.29, 1.82) is 0 Å². The van der Waals surface area contributed by atoms with E-state index in [-0.39, 0.29) is 29.8 Å². The molecule has 1 aliphatic heterocycles. The molecule has 4 nitrogen and oxygen atoms in total. The van der Waals surface area contributed by atoms with E-state index in [1.54, 1.807) is 10.7 Å². The smallest absolute Gasteiger partial charge is 0.274 e. The van der Waals surface area contributed by atoms with Crippen LogP contribution in [0.3, 0.4) is 0 Å². The molecule has 0 saturated carbocycles. The lowest BCUT2D eigenvalue weighted by Gasteiger charge is -2.30. The third-order valence-electron chi connectivity index (χ3n) is 7.13. The molecule has 0 unspecified atom stereocenters. The van der Waals surface area contributed by atoms with E-state index < -0.39 is 0 Å². The number of piperidine rings is 1. The van der Waals surface area contributed by atoms with E-state index in [4.69, 9.17) is 16.7 Å². The monoisotopic (exact) mass is 525 g/mol. The number of quaternary nitrogens is 1. The number of hydrogen-bond donors (Lipinski definition) is 1. The molecule has 36 heavy (non-hydrogen) atoms. The summed E-state index contributed by atoms with van der Waals surface area (Å²) in [6, 6.07) is 22.7. The topological polar surface area (TPSA) is 39.3 Å². The fraction of sp³-hybridized carbons (Fsp3) is 0.310. The Balaban J connectivity index is 0.00000304. The average Bonchev–Trinajstić information content (AvgIpc) is 2.89. The SMILES string of the molecule is O=c1c2ccccc2c(Cc2ccc(Cl)cc2)nn1C1CC[NH+](CCCc2ccccc2F)CC1.[Cl-]. The van der Waals surface area contributed by atoms with Gasteiger partial charge in [-0.3, -0.25) is 4.79 Å². The lowest BCUT2D eigenvalue weighted by atomic mass is 10.0. The summed E-state index contributed by atoms with van der Waals surface area (Å²) in [5.74, 6) is -0.114. The summed E-state index contributed by atoms with van der Waals surface area (Å²) in [4.78, 5) is 14.9. The fourth-order valence-corrected chi connectivity index (χ4v) is 5.31. The molecule has 0 bridgehead atoms. The van der Waals surface area contributed by atoms with Crippen LogP contribution >= 0.6 is 11.6 Å². The van der Waals surface area contributed by atoms with E-state index in [0.717, 1.165) is 72.9 Å².